The molecular weight excluding hydrogens is 271 g/mol. The maximum Gasteiger partial charge on any atom is 0.223 e. The zero-order valence-electron chi connectivity index (χ0n) is 11.9. The highest BCUT2D eigenvalue weighted by Gasteiger charge is 2.29. The number of carbonyl (C=O) groups is 1. The van der Waals surface area contributed by atoms with Crippen LogP contribution in [0.15, 0.2) is 24.9 Å². The van der Waals surface area contributed by atoms with Crippen LogP contribution in [0.2, 0.25) is 0 Å². The molecule has 1 amide bonds. The Bertz CT molecular complexity index is 534. The van der Waals surface area contributed by atoms with Crippen molar-refractivity contribution in [2.24, 2.45) is 17.4 Å². The van der Waals surface area contributed by atoms with E-state index in [1.807, 2.05) is 0 Å². The Hall–Kier alpha value is -1.79. The smallest absolute Gasteiger partial charge is 0.223 e. The van der Waals surface area contributed by atoms with Crippen LogP contribution in [0.25, 0.3) is 5.83 Å². The molecule has 1 aromatic rings. The third-order valence-electron chi connectivity index (χ3n) is 3.94. The van der Waals surface area contributed by atoms with E-state index in [-0.39, 0.29) is 30.5 Å². The Labute approximate surface area is 123 Å². The Morgan fingerprint density at radius 2 is 2.19 bits per heavy atom. The standard InChI is InChI=1S/C15H21FN4O/c1-9(16)11-3-2-6-19-14(11)8-20-15(21)10-4-5-12(17)13(18)7-10/h2-3,6,10,12-13H,1,4-5,7-8,17-18H2,(H,20,21). The van der Waals surface area contributed by atoms with Gasteiger partial charge in [0.1, 0.15) is 5.83 Å². The van der Waals surface area contributed by atoms with E-state index in [0.717, 1.165) is 12.8 Å². The van der Waals surface area contributed by atoms with E-state index in [9.17, 15) is 9.18 Å². The van der Waals surface area contributed by atoms with Crippen molar-refractivity contribution in [2.75, 3.05) is 0 Å². The van der Waals surface area contributed by atoms with E-state index in [4.69, 9.17) is 11.5 Å². The summed E-state index contributed by atoms with van der Waals surface area (Å²) in [6.45, 7) is 3.45. The van der Waals surface area contributed by atoms with Gasteiger partial charge in [-0.15, -0.1) is 0 Å². The summed E-state index contributed by atoms with van der Waals surface area (Å²) in [6.07, 6.45) is 3.61. The number of nitrogens with zero attached hydrogens (tertiary/aromatic N) is 1. The minimum atomic E-state index is -0.557. The molecule has 3 unspecified atom stereocenters. The average Bonchev–Trinajstić information content (AvgIpc) is 2.47. The lowest BCUT2D eigenvalue weighted by atomic mass is 9.82. The molecule has 0 bridgehead atoms. The van der Waals surface area contributed by atoms with Gasteiger partial charge in [-0.25, -0.2) is 4.39 Å². The van der Waals surface area contributed by atoms with Crippen LogP contribution >= 0.6 is 0 Å². The van der Waals surface area contributed by atoms with Crippen molar-refractivity contribution in [2.45, 2.75) is 37.9 Å². The van der Waals surface area contributed by atoms with Gasteiger partial charge in [0.05, 0.1) is 12.2 Å². The molecule has 1 fully saturated rings. The molecule has 6 heteroatoms. The predicted octanol–water partition coefficient (Wildman–Crippen LogP) is 1.09. The Morgan fingerprint density at radius 3 is 2.86 bits per heavy atom. The summed E-state index contributed by atoms with van der Waals surface area (Å²) < 4.78 is 13.3. The molecule has 2 rings (SSSR count). The minimum Gasteiger partial charge on any atom is -0.350 e. The van der Waals surface area contributed by atoms with Crippen LogP contribution in [0.5, 0.6) is 0 Å². The molecule has 1 aliphatic carbocycles. The number of halogens is 1. The molecule has 0 aliphatic heterocycles. The molecule has 114 valence electrons. The van der Waals surface area contributed by atoms with Crippen molar-refractivity contribution in [3.63, 3.8) is 0 Å². The molecule has 21 heavy (non-hydrogen) atoms. The third-order valence-corrected chi connectivity index (χ3v) is 3.94. The lowest BCUT2D eigenvalue weighted by Gasteiger charge is -2.30. The van der Waals surface area contributed by atoms with Gasteiger partial charge in [-0.3, -0.25) is 9.78 Å². The number of rotatable bonds is 4. The van der Waals surface area contributed by atoms with Crippen molar-refractivity contribution < 1.29 is 9.18 Å². The summed E-state index contributed by atoms with van der Waals surface area (Å²) >= 11 is 0. The van der Waals surface area contributed by atoms with Crippen LogP contribution in [0.1, 0.15) is 30.5 Å². The topological polar surface area (TPSA) is 94.0 Å². The largest absolute Gasteiger partial charge is 0.350 e. The summed E-state index contributed by atoms with van der Waals surface area (Å²) in [5.74, 6) is -0.781. The SMILES string of the molecule is C=C(F)c1cccnc1CNC(=O)C1CCC(N)C(N)C1. The van der Waals surface area contributed by atoms with Crippen molar-refractivity contribution in [1.29, 1.82) is 0 Å². The van der Waals surface area contributed by atoms with Crippen molar-refractivity contribution >= 4 is 11.7 Å². The summed E-state index contributed by atoms with van der Waals surface area (Å²) in [6, 6.07) is 3.04. The first-order valence-corrected chi connectivity index (χ1v) is 7.06. The van der Waals surface area contributed by atoms with Gasteiger partial charge < -0.3 is 16.8 Å². The normalized spacial score (nSPS) is 25.4. The number of carbonyl (C=O) groups excluding carboxylic acids is 1. The van der Waals surface area contributed by atoms with Crippen molar-refractivity contribution in [3.05, 3.63) is 36.2 Å². The summed E-state index contributed by atoms with van der Waals surface area (Å²) in [4.78, 5) is 16.2. The molecule has 1 saturated carbocycles. The molecule has 1 aliphatic rings. The first-order valence-electron chi connectivity index (χ1n) is 7.06. The second kappa shape index (κ2) is 6.78. The van der Waals surface area contributed by atoms with Crippen molar-refractivity contribution in [1.82, 2.24) is 10.3 Å². The van der Waals surface area contributed by atoms with Crippen LogP contribution in [-0.4, -0.2) is 23.0 Å². The Kier molecular flexibility index (Phi) is 5.03. The summed E-state index contributed by atoms with van der Waals surface area (Å²) in [5, 5.41) is 2.79. The quantitative estimate of drug-likeness (QED) is 0.774. The molecule has 0 spiro atoms. The van der Waals surface area contributed by atoms with Crippen LogP contribution in [0, 0.1) is 5.92 Å². The highest BCUT2D eigenvalue weighted by Crippen LogP contribution is 2.23. The first-order chi connectivity index (χ1) is 9.99. The van der Waals surface area contributed by atoms with Gasteiger partial charge in [0.15, 0.2) is 0 Å². The lowest BCUT2D eigenvalue weighted by molar-refractivity contribution is -0.126. The van der Waals surface area contributed by atoms with E-state index in [1.165, 1.54) is 0 Å². The number of nitrogens with one attached hydrogen (secondary N) is 1. The van der Waals surface area contributed by atoms with Gasteiger partial charge in [-0.05, 0) is 31.4 Å². The van der Waals surface area contributed by atoms with Crippen LogP contribution < -0.4 is 16.8 Å². The summed E-state index contributed by atoms with van der Waals surface area (Å²) in [7, 11) is 0. The second-order valence-corrected chi connectivity index (χ2v) is 5.46. The molecule has 0 radical (unpaired) electrons. The van der Waals surface area contributed by atoms with Gasteiger partial charge in [0.25, 0.3) is 0 Å². The fraction of sp³-hybridized carbons (Fsp3) is 0.467. The monoisotopic (exact) mass is 292 g/mol. The zero-order chi connectivity index (χ0) is 15.4. The van der Waals surface area contributed by atoms with Crippen LogP contribution in [0.3, 0.4) is 0 Å². The molecule has 3 atom stereocenters. The Morgan fingerprint density at radius 1 is 1.43 bits per heavy atom. The average molecular weight is 292 g/mol. The predicted molar refractivity (Wildman–Crippen MR) is 79.5 cm³/mol. The highest BCUT2D eigenvalue weighted by molar-refractivity contribution is 5.79. The van der Waals surface area contributed by atoms with Gasteiger partial charge in [0, 0.05) is 29.8 Å². The van der Waals surface area contributed by atoms with E-state index >= 15 is 0 Å². The zero-order valence-corrected chi connectivity index (χ0v) is 11.9. The molecule has 1 heterocycles. The molecular formula is C15H21FN4O. The third kappa shape index (κ3) is 3.86. The Balaban J connectivity index is 1.94. The molecule has 5 N–H and O–H groups in total. The first kappa shape index (κ1) is 15.6. The van der Waals surface area contributed by atoms with Crippen LogP contribution in [-0.2, 0) is 11.3 Å². The minimum absolute atomic E-state index is 0.0358. The maximum absolute atomic E-state index is 13.3. The molecule has 5 nitrogen and oxygen atoms in total. The number of aromatic nitrogens is 1. The maximum atomic E-state index is 13.3. The molecule has 0 aromatic carbocycles. The van der Waals surface area contributed by atoms with Crippen LogP contribution in [0.4, 0.5) is 4.39 Å². The van der Waals surface area contributed by atoms with E-state index in [2.05, 4.69) is 16.9 Å². The highest BCUT2D eigenvalue weighted by atomic mass is 19.1. The number of pyridine rings is 1. The number of hydrogen-bond donors (Lipinski definition) is 3. The van der Waals surface area contributed by atoms with Gasteiger partial charge in [-0.1, -0.05) is 6.58 Å². The molecule has 0 saturated heterocycles. The fourth-order valence-corrected chi connectivity index (χ4v) is 2.61. The number of nitrogens with two attached hydrogens (primary N) is 2. The van der Waals surface area contributed by atoms with E-state index in [1.54, 1.807) is 18.3 Å². The van der Waals surface area contributed by atoms with Crippen molar-refractivity contribution in [3.8, 4) is 0 Å². The fourth-order valence-electron chi connectivity index (χ4n) is 2.61. The van der Waals surface area contributed by atoms with Gasteiger partial charge in [-0.2, -0.15) is 0 Å². The van der Waals surface area contributed by atoms with Gasteiger partial charge >= 0.3 is 0 Å². The molecule has 1 aromatic heterocycles. The number of amides is 1. The summed E-state index contributed by atoms with van der Waals surface area (Å²) in [5.41, 5.74) is 12.5. The number of hydrogen-bond acceptors (Lipinski definition) is 4. The van der Waals surface area contributed by atoms with E-state index in [0.29, 0.717) is 17.7 Å². The van der Waals surface area contributed by atoms with Gasteiger partial charge in [0.2, 0.25) is 5.91 Å². The van der Waals surface area contributed by atoms with E-state index < -0.39 is 5.83 Å². The second-order valence-electron chi connectivity index (χ2n) is 5.46. The lowest BCUT2D eigenvalue weighted by Crippen LogP contribution is -2.48.